The number of nitrogens with two attached hydrogens (primary N) is 1. The van der Waals surface area contributed by atoms with E-state index in [2.05, 4.69) is 22.2 Å². The van der Waals surface area contributed by atoms with Gasteiger partial charge in [-0.1, -0.05) is 44.0 Å². The fourth-order valence-electron chi connectivity index (χ4n) is 3.10. The maximum Gasteiger partial charge on any atom is 0.310 e. The number of likely N-dealkylation sites (N-methyl/N-ethyl adjacent to an activating group) is 1. The summed E-state index contributed by atoms with van der Waals surface area (Å²) in [6, 6.07) is 8.03. The van der Waals surface area contributed by atoms with Gasteiger partial charge in [0.15, 0.2) is 0 Å². The zero-order chi connectivity index (χ0) is 21.9. The number of aromatic nitrogens is 2. The van der Waals surface area contributed by atoms with Crippen molar-refractivity contribution in [3.63, 3.8) is 0 Å². The van der Waals surface area contributed by atoms with Gasteiger partial charge in [0, 0.05) is 30.8 Å². The SMILES string of the molecule is CCCCCNc1nc(N)nc(C)c1Cc1ccc(CC(=O)OCCN(C)C)cc1. The van der Waals surface area contributed by atoms with Crippen molar-refractivity contribution in [1.82, 2.24) is 14.9 Å². The second-order valence-electron chi connectivity index (χ2n) is 7.82. The first-order valence-electron chi connectivity index (χ1n) is 10.6. The molecule has 3 N–H and O–H groups in total. The molecule has 0 aliphatic heterocycles. The van der Waals surface area contributed by atoms with Gasteiger partial charge in [0.2, 0.25) is 5.95 Å². The molecule has 2 rings (SSSR count). The minimum absolute atomic E-state index is 0.203. The summed E-state index contributed by atoms with van der Waals surface area (Å²) in [6.07, 6.45) is 4.44. The number of aryl methyl sites for hydroxylation is 1. The summed E-state index contributed by atoms with van der Waals surface area (Å²) in [5.74, 6) is 0.896. The number of anilines is 2. The molecule has 0 bridgehead atoms. The Morgan fingerprint density at radius 2 is 1.83 bits per heavy atom. The molecule has 1 heterocycles. The van der Waals surface area contributed by atoms with Crippen LogP contribution in [0.4, 0.5) is 11.8 Å². The Morgan fingerprint density at radius 1 is 1.13 bits per heavy atom. The van der Waals surface area contributed by atoms with Crippen LogP contribution in [0.15, 0.2) is 24.3 Å². The highest BCUT2D eigenvalue weighted by Gasteiger charge is 2.12. The molecule has 0 aliphatic rings. The fraction of sp³-hybridized carbons (Fsp3) is 0.522. The molecule has 0 aliphatic carbocycles. The minimum atomic E-state index is -0.203. The third-order valence-corrected chi connectivity index (χ3v) is 4.86. The molecule has 0 unspecified atom stereocenters. The molecule has 0 radical (unpaired) electrons. The van der Waals surface area contributed by atoms with Crippen molar-refractivity contribution in [3.8, 4) is 0 Å². The normalized spacial score (nSPS) is 11.0. The highest BCUT2D eigenvalue weighted by Crippen LogP contribution is 2.22. The van der Waals surface area contributed by atoms with Gasteiger partial charge in [-0.15, -0.1) is 0 Å². The largest absolute Gasteiger partial charge is 0.464 e. The summed E-state index contributed by atoms with van der Waals surface area (Å²) in [6.45, 7) is 6.15. The van der Waals surface area contributed by atoms with E-state index in [0.717, 1.165) is 47.7 Å². The van der Waals surface area contributed by atoms with Gasteiger partial charge < -0.3 is 20.7 Å². The van der Waals surface area contributed by atoms with Crippen molar-refractivity contribution in [2.75, 3.05) is 44.8 Å². The number of esters is 1. The highest BCUT2D eigenvalue weighted by atomic mass is 16.5. The van der Waals surface area contributed by atoms with Gasteiger partial charge in [0.1, 0.15) is 12.4 Å². The molecule has 0 amide bonds. The van der Waals surface area contributed by atoms with Crippen LogP contribution in [0.25, 0.3) is 0 Å². The van der Waals surface area contributed by atoms with Crippen molar-refractivity contribution in [2.45, 2.75) is 46.0 Å². The number of hydrogen-bond acceptors (Lipinski definition) is 7. The van der Waals surface area contributed by atoms with Gasteiger partial charge in [-0.2, -0.15) is 4.98 Å². The predicted octanol–water partition coefficient (Wildman–Crippen LogP) is 3.21. The first kappa shape index (κ1) is 23.6. The summed E-state index contributed by atoms with van der Waals surface area (Å²) in [5, 5.41) is 3.42. The van der Waals surface area contributed by atoms with Crippen molar-refractivity contribution >= 4 is 17.7 Å². The summed E-state index contributed by atoms with van der Waals surface area (Å²) in [5.41, 5.74) is 9.87. The van der Waals surface area contributed by atoms with Crippen molar-refractivity contribution in [3.05, 3.63) is 46.6 Å². The first-order chi connectivity index (χ1) is 14.4. The zero-order valence-electron chi connectivity index (χ0n) is 18.7. The number of benzene rings is 1. The Bertz CT molecular complexity index is 806. The van der Waals surface area contributed by atoms with E-state index < -0.39 is 0 Å². The molecule has 7 nitrogen and oxygen atoms in total. The molecule has 164 valence electrons. The van der Waals surface area contributed by atoms with E-state index in [1.165, 1.54) is 12.8 Å². The van der Waals surface area contributed by atoms with Gasteiger partial charge in [-0.25, -0.2) is 4.98 Å². The molecule has 1 aromatic heterocycles. The molecule has 30 heavy (non-hydrogen) atoms. The predicted molar refractivity (Wildman–Crippen MR) is 122 cm³/mol. The van der Waals surface area contributed by atoms with Crippen LogP contribution < -0.4 is 11.1 Å². The lowest BCUT2D eigenvalue weighted by Crippen LogP contribution is -2.20. The van der Waals surface area contributed by atoms with E-state index in [1.807, 2.05) is 50.2 Å². The lowest BCUT2D eigenvalue weighted by Gasteiger charge is -2.14. The third-order valence-electron chi connectivity index (χ3n) is 4.86. The molecule has 0 saturated carbocycles. The van der Waals surface area contributed by atoms with Crippen LogP contribution in [-0.2, 0) is 22.4 Å². The van der Waals surface area contributed by atoms with Gasteiger partial charge in [-0.05, 0) is 38.6 Å². The topological polar surface area (TPSA) is 93.4 Å². The van der Waals surface area contributed by atoms with E-state index in [9.17, 15) is 4.79 Å². The molecule has 7 heteroatoms. The van der Waals surface area contributed by atoms with Crippen LogP contribution in [0.3, 0.4) is 0 Å². The second kappa shape index (κ2) is 12.1. The van der Waals surface area contributed by atoms with Crippen molar-refractivity contribution < 1.29 is 9.53 Å². The molecule has 0 atom stereocenters. The van der Waals surface area contributed by atoms with E-state index in [-0.39, 0.29) is 18.3 Å². The Balaban J connectivity index is 2.00. The van der Waals surface area contributed by atoms with Crippen LogP contribution in [0.5, 0.6) is 0 Å². The van der Waals surface area contributed by atoms with Crippen molar-refractivity contribution in [2.24, 2.45) is 0 Å². The van der Waals surface area contributed by atoms with Crippen LogP contribution >= 0.6 is 0 Å². The van der Waals surface area contributed by atoms with Crippen LogP contribution in [0.2, 0.25) is 0 Å². The number of carbonyl (C=O) groups is 1. The van der Waals surface area contributed by atoms with E-state index in [4.69, 9.17) is 10.5 Å². The summed E-state index contributed by atoms with van der Waals surface area (Å²) >= 11 is 0. The number of nitrogen functional groups attached to an aromatic ring is 1. The Kier molecular flexibility index (Phi) is 9.54. The number of carbonyl (C=O) groups excluding carboxylic acids is 1. The average molecular weight is 414 g/mol. The Labute approximate surface area is 180 Å². The van der Waals surface area contributed by atoms with Gasteiger partial charge in [0.25, 0.3) is 0 Å². The Hall–Kier alpha value is -2.67. The Morgan fingerprint density at radius 3 is 2.50 bits per heavy atom. The van der Waals surface area contributed by atoms with E-state index >= 15 is 0 Å². The first-order valence-corrected chi connectivity index (χ1v) is 10.6. The smallest absolute Gasteiger partial charge is 0.310 e. The van der Waals surface area contributed by atoms with Crippen LogP contribution in [0.1, 0.15) is 48.6 Å². The number of nitrogens with one attached hydrogen (secondary N) is 1. The number of hydrogen-bond donors (Lipinski definition) is 2. The lowest BCUT2D eigenvalue weighted by atomic mass is 10.0. The maximum atomic E-state index is 12.0. The van der Waals surface area contributed by atoms with Crippen LogP contribution in [-0.4, -0.2) is 54.6 Å². The maximum absolute atomic E-state index is 12.0. The zero-order valence-corrected chi connectivity index (χ0v) is 18.7. The molecule has 2 aromatic rings. The molecular formula is C23H35N5O2. The highest BCUT2D eigenvalue weighted by molar-refractivity contribution is 5.72. The number of unbranched alkanes of at least 4 members (excludes halogenated alkanes) is 2. The molecule has 0 spiro atoms. The van der Waals surface area contributed by atoms with E-state index in [1.54, 1.807) is 0 Å². The number of ether oxygens (including phenoxy) is 1. The standard InChI is InChI=1S/C23H35N5O2/c1-5-6-7-12-25-22-20(17(2)26-23(24)27-22)15-18-8-10-19(11-9-18)16-21(29)30-14-13-28(3)4/h8-11H,5-7,12-16H2,1-4H3,(H3,24,25,26,27). The van der Waals surface area contributed by atoms with Gasteiger partial charge in [0.05, 0.1) is 6.42 Å². The lowest BCUT2D eigenvalue weighted by molar-refractivity contribution is -0.143. The van der Waals surface area contributed by atoms with E-state index in [0.29, 0.717) is 13.0 Å². The summed E-state index contributed by atoms with van der Waals surface area (Å²) in [7, 11) is 3.90. The second-order valence-corrected chi connectivity index (χ2v) is 7.82. The minimum Gasteiger partial charge on any atom is -0.464 e. The summed E-state index contributed by atoms with van der Waals surface area (Å²) in [4.78, 5) is 22.7. The molecule has 0 fully saturated rings. The van der Waals surface area contributed by atoms with Crippen LogP contribution in [0, 0.1) is 6.92 Å². The third kappa shape index (κ3) is 7.99. The molecule has 0 saturated heterocycles. The molecular weight excluding hydrogens is 378 g/mol. The number of rotatable bonds is 12. The average Bonchev–Trinajstić information content (AvgIpc) is 2.68. The monoisotopic (exact) mass is 413 g/mol. The van der Waals surface area contributed by atoms with Crippen molar-refractivity contribution in [1.29, 1.82) is 0 Å². The van der Waals surface area contributed by atoms with Gasteiger partial charge >= 0.3 is 5.97 Å². The molecule has 1 aromatic carbocycles. The fourth-order valence-corrected chi connectivity index (χ4v) is 3.10. The quantitative estimate of drug-likeness (QED) is 0.408. The summed E-state index contributed by atoms with van der Waals surface area (Å²) < 4.78 is 5.26. The number of nitrogens with zero attached hydrogens (tertiary/aromatic N) is 3. The van der Waals surface area contributed by atoms with Gasteiger partial charge in [-0.3, -0.25) is 4.79 Å².